The molecule has 0 spiro atoms. The number of ether oxygens (including phenoxy) is 1. The smallest absolute Gasteiger partial charge is 0.362 e. The zero-order chi connectivity index (χ0) is 18.3. The Bertz CT molecular complexity index is 677. The quantitative estimate of drug-likeness (QED) is 0.827. The number of hydrogen-bond acceptors (Lipinski definition) is 4. The largest absolute Gasteiger partial charge is 0.527 e. The molecule has 0 radical (unpaired) electrons. The van der Waals surface area contributed by atoms with E-state index in [9.17, 15) is 31.9 Å². The Kier molecular flexibility index (Phi) is 4.59. The van der Waals surface area contributed by atoms with Gasteiger partial charge in [-0.3, -0.25) is 4.79 Å². The minimum absolute atomic E-state index is 0.114. The van der Waals surface area contributed by atoms with Crippen molar-refractivity contribution in [3.63, 3.8) is 0 Å². The lowest BCUT2D eigenvalue weighted by Gasteiger charge is -2.36. The maximum atomic E-state index is 13.9. The van der Waals surface area contributed by atoms with Gasteiger partial charge >= 0.3 is 12.5 Å². The number of benzene rings is 1. The van der Waals surface area contributed by atoms with Gasteiger partial charge in [-0.15, -0.1) is 13.2 Å². The van der Waals surface area contributed by atoms with Gasteiger partial charge < -0.3 is 5.11 Å². The first-order valence-electron chi connectivity index (χ1n) is 6.37. The molecule has 5 nitrogen and oxygen atoms in total. The van der Waals surface area contributed by atoms with Gasteiger partial charge in [-0.25, -0.2) is 4.74 Å². The van der Waals surface area contributed by atoms with Crippen LogP contribution in [-0.4, -0.2) is 39.9 Å². The molecule has 1 amide bonds. The Morgan fingerprint density at radius 1 is 1.29 bits per heavy atom. The normalized spacial score (nSPS) is 21.8. The lowest BCUT2D eigenvalue weighted by molar-refractivity contribution is -0.468. The summed E-state index contributed by atoms with van der Waals surface area (Å²) < 4.78 is 67.1. The van der Waals surface area contributed by atoms with Gasteiger partial charge in [0, 0.05) is 22.7 Å². The summed E-state index contributed by atoms with van der Waals surface area (Å²) in [5, 5.41) is 13.6. The molecule has 132 valence electrons. The average molecular weight is 373 g/mol. The fourth-order valence-corrected chi connectivity index (χ4v) is 2.23. The van der Waals surface area contributed by atoms with Crippen molar-refractivity contribution in [1.82, 2.24) is 5.01 Å². The van der Waals surface area contributed by atoms with Crippen molar-refractivity contribution in [3.05, 3.63) is 34.9 Å². The molecule has 0 aliphatic carbocycles. The number of hydrazone groups is 1. The molecule has 0 saturated heterocycles. The number of amides is 1. The third-order valence-corrected chi connectivity index (χ3v) is 3.37. The number of aliphatic hydroxyl groups is 1. The van der Waals surface area contributed by atoms with E-state index in [1.807, 2.05) is 0 Å². The van der Waals surface area contributed by atoms with Crippen LogP contribution in [0.2, 0.25) is 5.02 Å². The van der Waals surface area contributed by atoms with Gasteiger partial charge in [0.1, 0.15) is 0 Å². The Hall–Kier alpha value is -1.78. The van der Waals surface area contributed by atoms with Gasteiger partial charge in [0.2, 0.25) is 0 Å². The van der Waals surface area contributed by atoms with E-state index in [-0.39, 0.29) is 21.3 Å². The predicted octanol–water partition coefficient (Wildman–Crippen LogP) is 3.38. The molecule has 1 aromatic carbocycles. The van der Waals surface area contributed by atoms with Crippen LogP contribution >= 0.6 is 11.6 Å². The molecular formula is C13H10ClF5N2O3. The summed E-state index contributed by atoms with van der Waals surface area (Å²) in [5.41, 5.74) is -4.01. The molecule has 2 rings (SSSR count). The molecule has 1 aromatic rings. The van der Waals surface area contributed by atoms with Gasteiger partial charge in [0.15, 0.2) is 0 Å². The molecule has 11 heteroatoms. The van der Waals surface area contributed by atoms with Crippen LogP contribution in [-0.2, 0) is 4.74 Å². The Labute approximate surface area is 137 Å². The molecular weight excluding hydrogens is 363 g/mol. The highest BCUT2D eigenvalue weighted by Crippen LogP contribution is 2.43. The molecule has 1 aliphatic rings. The molecule has 0 aromatic heterocycles. The van der Waals surface area contributed by atoms with Crippen LogP contribution in [0.5, 0.6) is 0 Å². The minimum Gasteiger partial charge on any atom is -0.362 e. The summed E-state index contributed by atoms with van der Waals surface area (Å²) in [6.45, 7) is 1.17. The van der Waals surface area contributed by atoms with E-state index in [0.717, 1.165) is 12.1 Å². The van der Waals surface area contributed by atoms with E-state index < -0.39 is 30.5 Å². The first-order valence-corrected chi connectivity index (χ1v) is 6.75. The Morgan fingerprint density at radius 2 is 1.83 bits per heavy atom. The van der Waals surface area contributed by atoms with Crippen LogP contribution < -0.4 is 0 Å². The van der Waals surface area contributed by atoms with E-state index >= 15 is 0 Å². The van der Waals surface area contributed by atoms with Crippen LogP contribution in [0.25, 0.3) is 0 Å². The van der Waals surface area contributed by atoms with Crippen molar-refractivity contribution in [2.24, 2.45) is 5.10 Å². The van der Waals surface area contributed by atoms with E-state index in [1.54, 1.807) is 0 Å². The Morgan fingerprint density at radius 3 is 2.33 bits per heavy atom. The van der Waals surface area contributed by atoms with Gasteiger partial charge in [-0.2, -0.15) is 18.9 Å². The maximum absolute atomic E-state index is 13.9. The minimum atomic E-state index is -5.73. The number of carbonyl (C=O) groups is 1. The summed E-state index contributed by atoms with van der Waals surface area (Å²) in [7, 11) is 0. The van der Waals surface area contributed by atoms with Crippen LogP contribution in [0.4, 0.5) is 22.0 Å². The zero-order valence-corrected chi connectivity index (χ0v) is 12.7. The van der Waals surface area contributed by atoms with Crippen molar-refractivity contribution >= 4 is 23.2 Å². The van der Waals surface area contributed by atoms with Gasteiger partial charge in [0.25, 0.3) is 11.6 Å². The van der Waals surface area contributed by atoms with Gasteiger partial charge in [-0.1, -0.05) is 11.6 Å². The summed E-state index contributed by atoms with van der Waals surface area (Å²) in [5.74, 6) is -1.24. The fraction of sp³-hybridized carbons (Fsp3) is 0.385. The van der Waals surface area contributed by atoms with E-state index in [4.69, 9.17) is 11.6 Å². The van der Waals surface area contributed by atoms with Crippen molar-refractivity contribution < 1.29 is 36.6 Å². The number of carbonyl (C=O) groups excluding carboxylic acids is 1. The maximum Gasteiger partial charge on any atom is 0.527 e. The third kappa shape index (κ3) is 3.50. The summed E-state index contributed by atoms with van der Waals surface area (Å²) >= 11 is 5.63. The predicted molar refractivity (Wildman–Crippen MR) is 72.4 cm³/mol. The first-order chi connectivity index (χ1) is 10.9. The van der Waals surface area contributed by atoms with Gasteiger partial charge in [0.05, 0.1) is 0 Å². The molecule has 0 fully saturated rings. The highest BCUT2D eigenvalue weighted by molar-refractivity contribution is 6.30. The van der Waals surface area contributed by atoms with Crippen molar-refractivity contribution in [1.29, 1.82) is 0 Å². The topological polar surface area (TPSA) is 62.1 Å². The van der Waals surface area contributed by atoms with Crippen LogP contribution in [0.1, 0.15) is 23.7 Å². The summed E-state index contributed by atoms with van der Waals surface area (Å²) in [6.07, 6.45) is -11.9. The molecule has 0 saturated carbocycles. The lowest BCUT2D eigenvalue weighted by atomic mass is 10.1. The molecule has 1 aliphatic heterocycles. The van der Waals surface area contributed by atoms with Crippen molar-refractivity contribution in [3.8, 4) is 0 Å². The zero-order valence-electron chi connectivity index (χ0n) is 11.9. The number of hydrogen-bond donors (Lipinski definition) is 1. The number of alkyl halides is 5. The monoisotopic (exact) mass is 372 g/mol. The fourth-order valence-electron chi connectivity index (χ4n) is 2.10. The summed E-state index contributed by atoms with van der Waals surface area (Å²) in [4.78, 5) is 12.3. The number of halogens is 6. The van der Waals surface area contributed by atoms with Crippen LogP contribution in [0.15, 0.2) is 29.4 Å². The van der Waals surface area contributed by atoms with Crippen molar-refractivity contribution in [2.75, 3.05) is 0 Å². The third-order valence-electron chi connectivity index (χ3n) is 3.12. The summed E-state index contributed by atoms with van der Waals surface area (Å²) in [6, 6.07) is 4.84. The highest BCUT2D eigenvalue weighted by Gasteiger charge is 2.66. The first kappa shape index (κ1) is 18.6. The molecule has 1 N–H and O–H groups in total. The van der Waals surface area contributed by atoms with E-state index in [1.165, 1.54) is 19.1 Å². The molecule has 0 bridgehead atoms. The number of rotatable bonds is 3. The van der Waals surface area contributed by atoms with Crippen LogP contribution in [0.3, 0.4) is 0 Å². The van der Waals surface area contributed by atoms with Gasteiger partial charge in [-0.05, 0) is 31.2 Å². The Balaban J connectivity index is 2.39. The molecule has 1 heterocycles. The molecule has 0 unspecified atom stereocenters. The van der Waals surface area contributed by atoms with Crippen LogP contribution in [0, 0.1) is 0 Å². The molecule has 1 atom stereocenters. The standard InChI is InChI=1S/C13H10ClF5N2O3/c1-7-6-11(23,12(15,16)24-13(17,18)19)21(20-7)10(22)8-2-4-9(14)5-3-8/h2-5,23H,6H2,1H3/t11-/m0/s1. The SMILES string of the molecule is CC1=NN(C(=O)c2ccc(Cl)cc2)[C@@](O)(C(F)(F)OC(F)(F)F)C1. The highest BCUT2D eigenvalue weighted by atomic mass is 35.5. The lowest BCUT2D eigenvalue weighted by Crippen LogP contribution is -2.61. The number of nitrogens with zero attached hydrogens (tertiary/aromatic N) is 2. The second-order valence-corrected chi connectivity index (χ2v) is 5.45. The van der Waals surface area contributed by atoms with Crippen molar-refractivity contribution in [2.45, 2.75) is 31.5 Å². The average Bonchev–Trinajstić information content (AvgIpc) is 2.73. The second-order valence-electron chi connectivity index (χ2n) is 5.02. The van der Waals surface area contributed by atoms with E-state index in [0.29, 0.717) is 0 Å². The molecule has 24 heavy (non-hydrogen) atoms. The van der Waals surface area contributed by atoms with E-state index in [2.05, 4.69) is 9.84 Å². The second kappa shape index (κ2) is 5.94.